The summed E-state index contributed by atoms with van der Waals surface area (Å²) in [6, 6.07) is 16.6. The molecule has 3 atom stereocenters. The summed E-state index contributed by atoms with van der Waals surface area (Å²) < 4.78 is 41.6. The van der Waals surface area contributed by atoms with Gasteiger partial charge in [0.05, 0.1) is 17.0 Å². The standard InChI is InChI=1S/C25H28BN3O6S2/c30-25(28-24(26(31)32)16-19-8-9-19)23(15-18-5-2-1-3-6-18)29-37(34,35)22-12-10-20(11-13-22)36(33)21-7-4-14-27-17-21/h1-7,10-14,17,19,23-24,29,31-32H,8-9,15-16H2,(H,28,30)/t23-,24-,36?/m0/s1. The quantitative estimate of drug-likeness (QED) is 0.200. The Balaban J connectivity index is 1.52. The van der Waals surface area contributed by atoms with Gasteiger partial charge in [-0.05, 0) is 60.7 Å². The monoisotopic (exact) mass is 541 g/mol. The molecular weight excluding hydrogens is 513 g/mol. The third kappa shape index (κ3) is 7.63. The lowest BCUT2D eigenvalue weighted by Gasteiger charge is -2.23. The van der Waals surface area contributed by atoms with Gasteiger partial charge in [0.25, 0.3) is 0 Å². The predicted molar refractivity (Wildman–Crippen MR) is 139 cm³/mol. The molecule has 194 valence electrons. The second-order valence-electron chi connectivity index (χ2n) is 9.00. The summed E-state index contributed by atoms with van der Waals surface area (Å²) in [5, 5.41) is 22.1. The highest BCUT2D eigenvalue weighted by Crippen LogP contribution is 2.33. The topological polar surface area (TPSA) is 152 Å². The van der Waals surface area contributed by atoms with Crippen molar-refractivity contribution in [3.8, 4) is 0 Å². The zero-order chi connectivity index (χ0) is 26.4. The molecule has 0 radical (unpaired) electrons. The third-order valence-corrected chi connectivity index (χ3v) is 8.92. The van der Waals surface area contributed by atoms with Crippen molar-refractivity contribution in [2.24, 2.45) is 5.92 Å². The van der Waals surface area contributed by atoms with Crippen LogP contribution in [0.25, 0.3) is 0 Å². The van der Waals surface area contributed by atoms with Gasteiger partial charge in [-0.2, -0.15) is 4.72 Å². The molecule has 0 spiro atoms. The van der Waals surface area contributed by atoms with E-state index in [0.717, 1.165) is 18.4 Å². The highest BCUT2D eigenvalue weighted by Gasteiger charge is 2.35. The first kappa shape index (κ1) is 27.3. The van der Waals surface area contributed by atoms with E-state index in [4.69, 9.17) is 0 Å². The number of amides is 1. The number of rotatable bonds is 12. The zero-order valence-corrected chi connectivity index (χ0v) is 21.6. The number of carbonyl (C=O) groups excluding carboxylic acids is 1. The molecule has 9 nitrogen and oxygen atoms in total. The average molecular weight is 541 g/mol. The van der Waals surface area contributed by atoms with Gasteiger partial charge in [-0.15, -0.1) is 0 Å². The van der Waals surface area contributed by atoms with Crippen molar-refractivity contribution in [2.45, 2.75) is 52.4 Å². The van der Waals surface area contributed by atoms with Crippen molar-refractivity contribution in [3.05, 3.63) is 84.7 Å². The molecule has 0 bridgehead atoms. The molecule has 0 aliphatic heterocycles. The van der Waals surface area contributed by atoms with Crippen LogP contribution in [0.4, 0.5) is 0 Å². The minimum Gasteiger partial charge on any atom is -0.606 e. The van der Waals surface area contributed by atoms with Gasteiger partial charge in [-0.3, -0.25) is 9.78 Å². The third-order valence-electron chi connectivity index (χ3n) is 6.06. The van der Waals surface area contributed by atoms with Crippen LogP contribution in [-0.4, -0.2) is 53.0 Å². The molecule has 1 amide bonds. The van der Waals surface area contributed by atoms with Crippen LogP contribution in [0.5, 0.6) is 0 Å². The van der Waals surface area contributed by atoms with E-state index in [-0.39, 0.29) is 11.3 Å². The normalized spacial score (nSPS) is 16.0. The first-order valence-electron chi connectivity index (χ1n) is 11.9. The van der Waals surface area contributed by atoms with Gasteiger partial charge >= 0.3 is 7.12 Å². The number of pyridine rings is 1. The lowest BCUT2D eigenvalue weighted by Crippen LogP contribution is -2.54. The Labute approximate surface area is 219 Å². The number of sulfonamides is 1. The molecule has 37 heavy (non-hydrogen) atoms. The van der Waals surface area contributed by atoms with E-state index < -0.39 is 46.2 Å². The predicted octanol–water partition coefficient (Wildman–Crippen LogP) is 1.43. The molecule has 4 rings (SSSR count). The van der Waals surface area contributed by atoms with Crippen LogP contribution in [0.1, 0.15) is 24.8 Å². The van der Waals surface area contributed by atoms with Gasteiger partial charge in [-0.1, -0.05) is 43.2 Å². The summed E-state index contributed by atoms with van der Waals surface area (Å²) in [5.41, 5.74) is 0.732. The van der Waals surface area contributed by atoms with E-state index in [1.54, 1.807) is 42.6 Å². The van der Waals surface area contributed by atoms with Gasteiger partial charge in [0.2, 0.25) is 15.9 Å². The molecule has 1 aliphatic carbocycles. The maximum Gasteiger partial charge on any atom is 0.475 e. The van der Waals surface area contributed by atoms with E-state index in [1.165, 1.54) is 30.5 Å². The SMILES string of the molecule is O=C(N[C@@H](CC1CC1)B(O)O)[C@H](Cc1ccccc1)NS(=O)(=O)c1ccc([S+]([O-])c2cccnc2)cc1. The molecule has 2 aromatic carbocycles. The maximum atomic E-state index is 13.2. The molecule has 1 saturated carbocycles. The van der Waals surface area contributed by atoms with Crippen LogP contribution in [0.2, 0.25) is 0 Å². The number of hydrogen-bond acceptors (Lipinski definition) is 7. The summed E-state index contributed by atoms with van der Waals surface area (Å²) in [6.07, 6.45) is 5.44. The summed E-state index contributed by atoms with van der Waals surface area (Å²) in [5.74, 6) is -1.24. The van der Waals surface area contributed by atoms with Crippen LogP contribution in [-0.2, 0) is 32.4 Å². The number of hydrogen-bond donors (Lipinski definition) is 4. The molecular formula is C25H28BN3O6S2. The van der Waals surface area contributed by atoms with Crippen LogP contribution >= 0.6 is 0 Å². The fourth-order valence-corrected chi connectivity index (χ4v) is 6.09. The Morgan fingerprint density at radius 1 is 1.05 bits per heavy atom. The van der Waals surface area contributed by atoms with E-state index >= 15 is 0 Å². The molecule has 1 fully saturated rings. The molecule has 1 aromatic heterocycles. The van der Waals surface area contributed by atoms with E-state index in [1.807, 2.05) is 6.07 Å². The van der Waals surface area contributed by atoms with Crippen molar-refractivity contribution in [1.29, 1.82) is 0 Å². The summed E-state index contributed by atoms with van der Waals surface area (Å²) in [6.45, 7) is 0. The Hall–Kier alpha value is -2.74. The Morgan fingerprint density at radius 2 is 1.76 bits per heavy atom. The first-order chi connectivity index (χ1) is 17.7. The highest BCUT2D eigenvalue weighted by atomic mass is 32.2. The minimum atomic E-state index is -4.15. The number of carbonyl (C=O) groups is 1. The van der Waals surface area contributed by atoms with Gasteiger partial charge in [0, 0.05) is 17.4 Å². The number of benzene rings is 2. The van der Waals surface area contributed by atoms with Crippen LogP contribution in [0.15, 0.2) is 93.8 Å². The number of aromatic nitrogens is 1. The zero-order valence-electron chi connectivity index (χ0n) is 19.9. The Kier molecular flexibility index (Phi) is 9.01. The molecule has 1 aliphatic rings. The molecule has 0 saturated heterocycles. The van der Waals surface area contributed by atoms with Crippen molar-refractivity contribution in [1.82, 2.24) is 15.0 Å². The van der Waals surface area contributed by atoms with Crippen LogP contribution in [0, 0.1) is 5.92 Å². The largest absolute Gasteiger partial charge is 0.606 e. The van der Waals surface area contributed by atoms with Gasteiger partial charge in [0.1, 0.15) is 6.04 Å². The number of nitrogens with zero attached hydrogens (tertiary/aromatic N) is 1. The summed E-state index contributed by atoms with van der Waals surface area (Å²) in [7, 11) is -5.90. The minimum absolute atomic E-state index is 0.0622. The van der Waals surface area contributed by atoms with E-state index in [9.17, 15) is 27.8 Å². The highest BCUT2D eigenvalue weighted by molar-refractivity contribution is 7.91. The van der Waals surface area contributed by atoms with Crippen LogP contribution in [0.3, 0.4) is 0 Å². The second-order valence-corrected chi connectivity index (χ2v) is 12.2. The summed E-state index contributed by atoms with van der Waals surface area (Å²) >= 11 is -1.53. The molecule has 3 aromatic rings. The van der Waals surface area contributed by atoms with Crippen molar-refractivity contribution in [2.75, 3.05) is 0 Å². The lowest BCUT2D eigenvalue weighted by atomic mass is 9.76. The van der Waals surface area contributed by atoms with Crippen molar-refractivity contribution >= 4 is 34.2 Å². The van der Waals surface area contributed by atoms with Gasteiger partial charge in [-0.25, -0.2) is 8.42 Å². The molecule has 12 heteroatoms. The fourth-order valence-electron chi connectivity index (χ4n) is 3.88. The Bertz CT molecular complexity index is 1280. The lowest BCUT2D eigenvalue weighted by molar-refractivity contribution is -0.123. The van der Waals surface area contributed by atoms with E-state index in [0.29, 0.717) is 22.1 Å². The fraction of sp³-hybridized carbons (Fsp3) is 0.280. The smallest absolute Gasteiger partial charge is 0.475 e. The van der Waals surface area contributed by atoms with Crippen LogP contribution < -0.4 is 10.0 Å². The molecule has 1 unspecified atom stereocenters. The molecule has 1 heterocycles. The van der Waals surface area contributed by atoms with E-state index in [2.05, 4.69) is 15.0 Å². The van der Waals surface area contributed by atoms with Crippen molar-refractivity contribution in [3.63, 3.8) is 0 Å². The first-order valence-corrected chi connectivity index (χ1v) is 14.5. The number of nitrogens with one attached hydrogen (secondary N) is 2. The maximum absolute atomic E-state index is 13.2. The van der Waals surface area contributed by atoms with Crippen molar-refractivity contribution < 1.29 is 27.8 Å². The summed E-state index contributed by atoms with van der Waals surface area (Å²) in [4.78, 5) is 17.9. The Morgan fingerprint density at radius 3 is 2.35 bits per heavy atom. The average Bonchev–Trinajstić information content (AvgIpc) is 3.72. The molecule has 4 N–H and O–H groups in total. The second kappa shape index (κ2) is 12.2. The van der Waals surface area contributed by atoms with Gasteiger partial charge < -0.3 is 19.9 Å². The van der Waals surface area contributed by atoms with Gasteiger partial charge in [0.15, 0.2) is 9.79 Å².